The van der Waals surface area contributed by atoms with E-state index < -0.39 is 6.04 Å². The second kappa shape index (κ2) is 6.86. The van der Waals surface area contributed by atoms with E-state index in [2.05, 4.69) is 10.6 Å². The SMILES string of the molecule is CCO[C@@H]1C[C@H](NC(=O)N[C@@H](C)C(=O)N(C)C)C12CCCC2. The Morgan fingerprint density at radius 3 is 2.50 bits per heavy atom. The van der Waals surface area contributed by atoms with E-state index in [4.69, 9.17) is 4.74 Å². The molecule has 6 heteroatoms. The third-order valence-corrected chi connectivity index (χ3v) is 5.15. The first-order valence-electron chi connectivity index (χ1n) is 8.30. The molecule has 0 saturated heterocycles. The largest absolute Gasteiger partial charge is 0.378 e. The predicted molar refractivity (Wildman–Crippen MR) is 84.5 cm³/mol. The summed E-state index contributed by atoms with van der Waals surface area (Å²) in [6.45, 7) is 4.45. The van der Waals surface area contributed by atoms with Crippen LogP contribution in [0.5, 0.6) is 0 Å². The van der Waals surface area contributed by atoms with E-state index in [9.17, 15) is 9.59 Å². The Hall–Kier alpha value is -1.30. The highest BCUT2D eigenvalue weighted by molar-refractivity contribution is 5.86. The minimum absolute atomic E-state index is 0.105. The van der Waals surface area contributed by atoms with Crippen molar-refractivity contribution in [3.05, 3.63) is 0 Å². The average Bonchev–Trinajstić information content (AvgIpc) is 2.97. The molecule has 2 fully saturated rings. The lowest BCUT2D eigenvalue weighted by Gasteiger charge is -2.54. The lowest BCUT2D eigenvalue weighted by molar-refractivity contribution is -0.130. The van der Waals surface area contributed by atoms with Gasteiger partial charge in [0, 0.05) is 32.2 Å². The summed E-state index contributed by atoms with van der Waals surface area (Å²) >= 11 is 0. The van der Waals surface area contributed by atoms with Gasteiger partial charge in [-0.1, -0.05) is 12.8 Å². The number of carbonyl (C=O) groups is 2. The minimum atomic E-state index is -0.516. The van der Waals surface area contributed by atoms with E-state index in [-0.39, 0.29) is 29.5 Å². The molecule has 2 aliphatic rings. The van der Waals surface area contributed by atoms with Crippen molar-refractivity contribution in [1.29, 1.82) is 0 Å². The molecule has 1 spiro atoms. The van der Waals surface area contributed by atoms with Crippen molar-refractivity contribution in [2.75, 3.05) is 20.7 Å². The van der Waals surface area contributed by atoms with Gasteiger partial charge in [0.1, 0.15) is 6.04 Å². The highest BCUT2D eigenvalue weighted by Gasteiger charge is 2.57. The molecule has 0 radical (unpaired) electrons. The van der Waals surface area contributed by atoms with E-state index in [0.29, 0.717) is 0 Å². The molecule has 2 N–H and O–H groups in total. The molecule has 2 saturated carbocycles. The van der Waals surface area contributed by atoms with Crippen LogP contribution < -0.4 is 10.6 Å². The fraction of sp³-hybridized carbons (Fsp3) is 0.875. The number of carbonyl (C=O) groups excluding carboxylic acids is 2. The van der Waals surface area contributed by atoms with E-state index in [1.807, 2.05) is 6.92 Å². The summed E-state index contributed by atoms with van der Waals surface area (Å²) in [6.07, 6.45) is 5.80. The topological polar surface area (TPSA) is 70.7 Å². The van der Waals surface area contributed by atoms with Crippen LogP contribution in [0.2, 0.25) is 0 Å². The van der Waals surface area contributed by atoms with Crippen molar-refractivity contribution in [2.24, 2.45) is 5.41 Å². The van der Waals surface area contributed by atoms with Gasteiger partial charge in [-0.05, 0) is 33.1 Å². The quantitative estimate of drug-likeness (QED) is 0.808. The number of amides is 3. The van der Waals surface area contributed by atoms with Crippen LogP contribution in [0.15, 0.2) is 0 Å². The number of urea groups is 1. The number of likely N-dealkylation sites (N-methyl/N-ethyl adjacent to an activating group) is 1. The molecule has 0 heterocycles. The Morgan fingerprint density at radius 1 is 1.32 bits per heavy atom. The second-order valence-electron chi connectivity index (χ2n) is 6.74. The van der Waals surface area contributed by atoms with E-state index >= 15 is 0 Å². The van der Waals surface area contributed by atoms with Gasteiger partial charge in [-0.15, -0.1) is 0 Å². The molecule has 22 heavy (non-hydrogen) atoms. The monoisotopic (exact) mass is 311 g/mol. The van der Waals surface area contributed by atoms with Gasteiger partial charge in [0.05, 0.1) is 6.10 Å². The van der Waals surface area contributed by atoms with Crippen LogP contribution in [0.3, 0.4) is 0 Å². The number of nitrogens with one attached hydrogen (secondary N) is 2. The summed E-state index contributed by atoms with van der Waals surface area (Å²) in [5.74, 6) is -0.105. The maximum absolute atomic E-state index is 12.2. The molecule has 0 aromatic heterocycles. The minimum Gasteiger partial charge on any atom is -0.378 e. The van der Waals surface area contributed by atoms with Crippen LogP contribution in [-0.4, -0.2) is 55.7 Å². The molecule has 6 nitrogen and oxygen atoms in total. The molecule has 3 amide bonds. The zero-order chi connectivity index (χ0) is 16.3. The zero-order valence-electron chi connectivity index (χ0n) is 14.1. The molecule has 0 aromatic carbocycles. The van der Waals surface area contributed by atoms with Crippen molar-refractivity contribution in [3.63, 3.8) is 0 Å². The van der Waals surface area contributed by atoms with Gasteiger partial charge in [0.15, 0.2) is 0 Å². The van der Waals surface area contributed by atoms with Crippen LogP contribution in [-0.2, 0) is 9.53 Å². The standard InChI is InChI=1S/C16H29N3O3/c1-5-22-13-10-12(16(13)8-6-7-9-16)18-15(21)17-11(2)14(20)19(3)4/h11-13H,5-10H2,1-4H3,(H2,17,18,21)/t11-,12-,13+/m0/s1. The average molecular weight is 311 g/mol. The summed E-state index contributed by atoms with van der Waals surface area (Å²) in [6, 6.07) is -0.612. The van der Waals surface area contributed by atoms with Gasteiger partial charge in [-0.3, -0.25) is 4.79 Å². The molecule has 2 rings (SSSR count). The zero-order valence-corrected chi connectivity index (χ0v) is 14.1. The fourth-order valence-electron chi connectivity index (χ4n) is 3.93. The van der Waals surface area contributed by atoms with Gasteiger partial charge in [-0.25, -0.2) is 4.79 Å². The molecule has 3 atom stereocenters. The summed E-state index contributed by atoms with van der Waals surface area (Å²) < 4.78 is 5.85. The molecular formula is C16H29N3O3. The number of ether oxygens (including phenoxy) is 1. The Balaban J connectivity index is 1.88. The van der Waals surface area contributed by atoms with Crippen LogP contribution in [0.4, 0.5) is 4.79 Å². The van der Waals surface area contributed by atoms with Crippen LogP contribution in [0.1, 0.15) is 46.0 Å². The van der Waals surface area contributed by atoms with Gasteiger partial charge in [-0.2, -0.15) is 0 Å². The molecule has 0 bridgehead atoms. The Kier molecular flexibility index (Phi) is 5.32. The maximum atomic E-state index is 12.2. The van der Waals surface area contributed by atoms with Crippen molar-refractivity contribution in [2.45, 2.75) is 64.1 Å². The van der Waals surface area contributed by atoms with E-state index in [1.54, 1.807) is 21.0 Å². The van der Waals surface area contributed by atoms with Crippen molar-refractivity contribution in [1.82, 2.24) is 15.5 Å². The lowest BCUT2D eigenvalue weighted by Crippen LogP contribution is -2.65. The van der Waals surface area contributed by atoms with E-state index in [1.165, 1.54) is 17.7 Å². The first kappa shape index (κ1) is 17.1. The second-order valence-corrected chi connectivity index (χ2v) is 6.74. The lowest BCUT2D eigenvalue weighted by atomic mass is 9.60. The third-order valence-electron chi connectivity index (χ3n) is 5.15. The van der Waals surface area contributed by atoms with Gasteiger partial charge in [0.2, 0.25) is 5.91 Å². The molecule has 0 aromatic rings. The highest BCUT2D eigenvalue weighted by Crippen LogP contribution is 2.54. The molecular weight excluding hydrogens is 282 g/mol. The predicted octanol–water partition coefficient (Wildman–Crippen LogP) is 1.50. The van der Waals surface area contributed by atoms with Gasteiger partial charge < -0.3 is 20.3 Å². The number of hydrogen-bond donors (Lipinski definition) is 2. The molecule has 2 aliphatic carbocycles. The normalized spacial score (nSPS) is 27.1. The van der Waals surface area contributed by atoms with Crippen molar-refractivity contribution >= 4 is 11.9 Å². The molecule has 0 unspecified atom stereocenters. The number of hydrogen-bond acceptors (Lipinski definition) is 3. The molecule has 0 aliphatic heterocycles. The van der Waals surface area contributed by atoms with Gasteiger partial charge >= 0.3 is 6.03 Å². The summed E-state index contributed by atoms with van der Waals surface area (Å²) in [5.41, 5.74) is 0.113. The summed E-state index contributed by atoms with van der Waals surface area (Å²) in [7, 11) is 3.37. The van der Waals surface area contributed by atoms with E-state index in [0.717, 1.165) is 25.9 Å². The first-order chi connectivity index (χ1) is 10.4. The number of nitrogens with zero attached hydrogens (tertiary/aromatic N) is 1. The fourth-order valence-corrected chi connectivity index (χ4v) is 3.93. The van der Waals surface area contributed by atoms with Crippen molar-refractivity contribution < 1.29 is 14.3 Å². The Morgan fingerprint density at radius 2 is 1.95 bits per heavy atom. The Labute approximate surface area is 132 Å². The smallest absolute Gasteiger partial charge is 0.315 e. The van der Waals surface area contributed by atoms with Crippen LogP contribution >= 0.6 is 0 Å². The first-order valence-corrected chi connectivity index (χ1v) is 8.30. The summed E-state index contributed by atoms with van der Waals surface area (Å²) in [5, 5.41) is 5.79. The maximum Gasteiger partial charge on any atom is 0.315 e. The van der Waals surface area contributed by atoms with Gasteiger partial charge in [0.25, 0.3) is 0 Å². The highest BCUT2D eigenvalue weighted by atomic mass is 16.5. The molecule has 126 valence electrons. The number of rotatable bonds is 5. The van der Waals surface area contributed by atoms with Crippen molar-refractivity contribution in [3.8, 4) is 0 Å². The third kappa shape index (κ3) is 3.21. The Bertz CT molecular complexity index is 419. The van der Waals surface area contributed by atoms with Crippen LogP contribution in [0.25, 0.3) is 0 Å². The van der Waals surface area contributed by atoms with Crippen LogP contribution in [0, 0.1) is 5.41 Å². The summed E-state index contributed by atoms with van der Waals surface area (Å²) in [4.78, 5) is 25.4.